The van der Waals surface area contributed by atoms with E-state index in [4.69, 9.17) is 9.47 Å². The van der Waals surface area contributed by atoms with Gasteiger partial charge >= 0.3 is 5.97 Å². The van der Waals surface area contributed by atoms with E-state index in [1.807, 2.05) is 84.1 Å². The summed E-state index contributed by atoms with van der Waals surface area (Å²) < 4.78 is 11.4. The molecule has 3 aromatic carbocycles. The fourth-order valence-corrected chi connectivity index (χ4v) is 3.62. The monoisotopic (exact) mass is 487 g/mol. The smallest absolute Gasteiger partial charge is 0.316 e. The minimum atomic E-state index is -0.552. The minimum absolute atomic E-state index is 0.247. The molecule has 0 unspecified atom stereocenters. The van der Waals surface area contributed by atoms with Gasteiger partial charge in [0.2, 0.25) is 0 Å². The van der Waals surface area contributed by atoms with Gasteiger partial charge in [0.15, 0.2) is 0 Å². The highest BCUT2D eigenvalue weighted by atomic mass is 16.5. The lowest BCUT2D eigenvalue weighted by atomic mass is 9.88. The quantitative estimate of drug-likeness (QED) is 0.146. The Morgan fingerprint density at radius 1 is 0.778 bits per heavy atom. The lowest BCUT2D eigenvalue weighted by molar-refractivity contribution is -0.142. The van der Waals surface area contributed by atoms with E-state index in [9.17, 15) is 4.79 Å². The van der Waals surface area contributed by atoms with E-state index in [2.05, 4.69) is 48.6 Å². The zero-order valence-electron chi connectivity index (χ0n) is 22.9. The fourth-order valence-electron chi connectivity index (χ4n) is 3.62. The maximum atomic E-state index is 12.3. The summed E-state index contributed by atoms with van der Waals surface area (Å²) in [6.07, 6.45) is 0.876. The van der Waals surface area contributed by atoms with E-state index in [-0.39, 0.29) is 5.97 Å². The molecule has 36 heavy (non-hydrogen) atoms. The van der Waals surface area contributed by atoms with Crippen LogP contribution in [0.15, 0.2) is 78.9 Å². The second kappa shape index (κ2) is 14.3. The fraction of sp³-hybridized carbons (Fsp3) is 0.344. The second-order valence-electron chi connectivity index (χ2n) is 9.21. The molecule has 3 rings (SSSR count). The maximum absolute atomic E-state index is 12.3. The van der Waals surface area contributed by atoms with Crippen LogP contribution in [0.25, 0.3) is 11.1 Å². The standard InChI is InChI=1S/C30H35NO3.C2H6/c1-6-27(22-10-8-7-9-11-22)28(23-12-16-25(17-13-23)33-21-20-31-5)24-14-18-26(19-15-24)34-29(32)30(2,3)4;1-2/h7-19,31H,6,20-21H2,1-5H3;1-2H3/b28-27+;. The maximum Gasteiger partial charge on any atom is 0.316 e. The van der Waals surface area contributed by atoms with Crippen LogP contribution in [0.3, 0.4) is 0 Å². The summed E-state index contributed by atoms with van der Waals surface area (Å²) in [6.45, 7) is 13.2. The molecular weight excluding hydrogens is 446 g/mol. The van der Waals surface area contributed by atoms with Gasteiger partial charge in [-0.05, 0) is 86.3 Å². The summed E-state index contributed by atoms with van der Waals surface area (Å²) in [4.78, 5) is 12.3. The van der Waals surface area contributed by atoms with Gasteiger partial charge in [-0.1, -0.05) is 75.4 Å². The number of hydrogen-bond acceptors (Lipinski definition) is 4. The predicted octanol–water partition coefficient (Wildman–Crippen LogP) is 7.63. The van der Waals surface area contributed by atoms with Crippen molar-refractivity contribution in [1.29, 1.82) is 0 Å². The molecule has 0 aliphatic carbocycles. The predicted molar refractivity (Wildman–Crippen MR) is 151 cm³/mol. The number of carbonyl (C=O) groups excluding carboxylic acids is 1. The van der Waals surface area contributed by atoms with Crippen LogP contribution in [0.2, 0.25) is 0 Å². The number of esters is 1. The third-order valence-electron chi connectivity index (χ3n) is 5.51. The molecule has 0 atom stereocenters. The van der Waals surface area contributed by atoms with Crippen molar-refractivity contribution in [3.63, 3.8) is 0 Å². The second-order valence-corrected chi connectivity index (χ2v) is 9.21. The van der Waals surface area contributed by atoms with E-state index >= 15 is 0 Å². The molecule has 4 nitrogen and oxygen atoms in total. The van der Waals surface area contributed by atoms with E-state index in [0.717, 1.165) is 35.4 Å². The van der Waals surface area contributed by atoms with Gasteiger partial charge in [0.1, 0.15) is 18.1 Å². The minimum Gasteiger partial charge on any atom is -0.492 e. The molecule has 0 saturated heterocycles. The lowest BCUT2D eigenvalue weighted by Crippen LogP contribution is -2.25. The SMILES string of the molecule is CC.CC/C(=C(/c1ccc(OCCNC)cc1)c1ccc(OC(=O)C(C)(C)C)cc1)c1ccccc1. The van der Waals surface area contributed by atoms with Crippen LogP contribution in [0.1, 0.15) is 64.7 Å². The van der Waals surface area contributed by atoms with Crippen molar-refractivity contribution in [3.8, 4) is 11.5 Å². The van der Waals surface area contributed by atoms with Crippen molar-refractivity contribution in [2.24, 2.45) is 5.41 Å². The van der Waals surface area contributed by atoms with Crippen LogP contribution >= 0.6 is 0 Å². The summed E-state index contributed by atoms with van der Waals surface area (Å²) in [5.74, 6) is 1.15. The summed E-state index contributed by atoms with van der Waals surface area (Å²) in [7, 11) is 1.91. The van der Waals surface area contributed by atoms with E-state index < -0.39 is 5.41 Å². The first-order chi connectivity index (χ1) is 17.3. The van der Waals surface area contributed by atoms with Crippen LogP contribution in [-0.2, 0) is 4.79 Å². The molecule has 0 bridgehead atoms. The number of allylic oxidation sites excluding steroid dienone is 1. The normalized spacial score (nSPS) is 11.6. The van der Waals surface area contributed by atoms with Gasteiger partial charge in [0.25, 0.3) is 0 Å². The molecule has 0 aromatic heterocycles. The summed E-state index contributed by atoms with van der Waals surface area (Å²) in [5, 5.41) is 3.09. The van der Waals surface area contributed by atoms with E-state index in [1.165, 1.54) is 11.1 Å². The molecular formula is C32H41NO3. The highest BCUT2D eigenvalue weighted by molar-refractivity contribution is 5.98. The van der Waals surface area contributed by atoms with Gasteiger partial charge in [-0.15, -0.1) is 0 Å². The lowest BCUT2D eigenvalue weighted by Gasteiger charge is -2.18. The highest BCUT2D eigenvalue weighted by Gasteiger charge is 2.23. The number of rotatable bonds is 9. The van der Waals surface area contributed by atoms with E-state index in [0.29, 0.717) is 12.4 Å². The summed E-state index contributed by atoms with van der Waals surface area (Å²) in [6, 6.07) is 26.5. The first-order valence-electron chi connectivity index (χ1n) is 12.8. The zero-order chi connectivity index (χ0) is 26.6. The molecule has 0 spiro atoms. The molecule has 0 heterocycles. The van der Waals surface area contributed by atoms with Crippen LogP contribution < -0.4 is 14.8 Å². The topological polar surface area (TPSA) is 47.6 Å². The number of nitrogens with one attached hydrogen (secondary N) is 1. The number of likely N-dealkylation sites (N-methyl/N-ethyl adjacent to an activating group) is 1. The highest BCUT2D eigenvalue weighted by Crippen LogP contribution is 2.35. The van der Waals surface area contributed by atoms with Crippen LogP contribution in [0, 0.1) is 5.41 Å². The van der Waals surface area contributed by atoms with Crippen molar-refractivity contribution in [3.05, 3.63) is 95.6 Å². The Balaban J connectivity index is 0.00000222. The Morgan fingerprint density at radius 3 is 1.78 bits per heavy atom. The summed E-state index contributed by atoms with van der Waals surface area (Å²) >= 11 is 0. The first-order valence-corrected chi connectivity index (χ1v) is 12.8. The number of ether oxygens (including phenoxy) is 2. The van der Waals surface area contributed by atoms with Gasteiger partial charge in [-0.2, -0.15) is 0 Å². The Hall–Kier alpha value is -3.37. The van der Waals surface area contributed by atoms with Crippen LogP contribution in [0.5, 0.6) is 11.5 Å². The first kappa shape index (κ1) is 28.9. The molecule has 0 aliphatic rings. The molecule has 0 aliphatic heterocycles. The Labute approximate surface area is 217 Å². The summed E-state index contributed by atoms with van der Waals surface area (Å²) in [5.41, 5.74) is 5.23. The molecule has 4 heteroatoms. The van der Waals surface area contributed by atoms with Crippen molar-refractivity contribution < 1.29 is 14.3 Å². The Bertz CT molecular complexity index is 1090. The van der Waals surface area contributed by atoms with Gasteiger partial charge in [0, 0.05) is 6.54 Å². The number of carbonyl (C=O) groups is 1. The van der Waals surface area contributed by atoms with Gasteiger partial charge in [-0.3, -0.25) is 4.79 Å². The van der Waals surface area contributed by atoms with Crippen molar-refractivity contribution >= 4 is 17.1 Å². The number of benzene rings is 3. The van der Waals surface area contributed by atoms with Gasteiger partial charge in [-0.25, -0.2) is 0 Å². The Kier molecular flexibility index (Phi) is 11.4. The third-order valence-corrected chi connectivity index (χ3v) is 5.51. The van der Waals surface area contributed by atoms with Crippen molar-refractivity contribution in [2.45, 2.75) is 48.0 Å². The Morgan fingerprint density at radius 2 is 1.31 bits per heavy atom. The molecule has 0 amide bonds. The number of hydrogen-bond donors (Lipinski definition) is 1. The molecule has 0 fully saturated rings. The average Bonchev–Trinajstić information content (AvgIpc) is 2.90. The van der Waals surface area contributed by atoms with E-state index in [1.54, 1.807) is 0 Å². The van der Waals surface area contributed by atoms with Crippen LogP contribution in [0.4, 0.5) is 0 Å². The third kappa shape index (κ3) is 8.10. The molecule has 0 radical (unpaired) electrons. The van der Waals surface area contributed by atoms with Crippen molar-refractivity contribution in [1.82, 2.24) is 5.32 Å². The molecule has 3 aromatic rings. The van der Waals surface area contributed by atoms with Gasteiger partial charge < -0.3 is 14.8 Å². The van der Waals surface area contributed by atoms with Crippen LogP contribution in [-0.4, -0.2) is 26.2 Å². The average molecular weight is 488 g/mol. The largest absolute Gasteiger partial charge is 0.492 e. The molecule has 192 valence electrons. The van der Waals surface area contributed by atoms with Gasteiger partial charge in [0.05, 0.1) is 5.41 Å². The van der Waals surface area contributed by atoms with Crippen molar-refractivity contribution in [2.75, 3.05) is 20.2 Å². The molecule has 1 N–H and O–H groups in total. The molecule has 0 saturated carbocycles. The zero-order valence-corrected chi connectivity index (χ0v) is 22.9.